The average molecular weight is 496 g/mol. The van der Waals surface area contributed by atoms with Crippen LogP contribution in [-0.4, -0.2) is 16.5 Å². The Morgan fingerprint density at radius 3 is 2.05 bits per heavy atom. The van der Waals surface area contributed by atoms with Gasteiger partial charge in [0.15, 0.2) is 11.5 Å². The summed E-state index contributed by atoms with van der Waals surface area (Å²) in [7, 11) is 0. The van der Waals surface area contributed by atoms with E-state index in [9.17, 15) is 9.59 Å². The van der Waals surface area contributed by atoms with Gasteiger partial charge in [-0.1, -0.05) is 86.6 Å². The molecule has 3 aliphatic heterocycles. The van der Waals surface area contributed by atoms with E-state index in [4.69, 9.17) is 9.47 Å². The van der Waals surface area contributed by atoms with Crippen LogP contribution in [0.5, 0.6) is 0 Å². The number of nitrogens with zero attached hydrogens (tertiary/aromatic N) is 1. The number of para-hydroxylation sites is 2. The third-order valence-electron chi connectivity index (χ3n) is 8.09. The molecule has 0 fully saturated rings. The standard InChI is InChI=1S/C33H21NO4/c1-33(2)22-13-8-12-21-20-11-6-7-14-24(20)34(28(21)22)25-16-15-19(17-23(25)33)27-30-29(37-32(27)36)26(31(35)38-30)18-9-4-3-5-10-18/h3-17H,1-2H3. The molecule has 1 aromatic heterocycles. The topological polar surface area (TPSA) is 57.5 Å². The van der Waals surface area contributed by atoms with Crippen molar-refractivity contribution < 1.29 is 19.1 Å². The zero-order valence-electron chi connectivity index (χ0n) is 20.7. The second kappa shape index (κ2) is 7.11. The number of hydrogen-bond donors (Lipinski definition) is 0. The van der Waals surface area contributed by atoms with E-state index in [-0.39, 0.29) is 28.1 Å². The van der Waals surface area contributed by atoms with Crippen LogP contribution in [0.15, 0.2) is 103 Å². The fourth-order valence-electron chi connectivity index (χ4n) is 6.30. The number of carbonyl (C=O) groups excluding carboxylic acids is 2. The molecule has 0 atom stereocenters. The number of benzene rings is 4. The van der Waals surface area contributed by atoms with Crippen molar-refractivity contribution in [3.63, 3.8) is 0 Å². The summed E-state index contributed by atoms with van der Waals surface area (Å²) in [6, 6.07) is 30.1. The van der Waals surface area contributed by atoms with Gasteiger partial charge in [0.25, 0.3) is 0 Å². The van der Waals surface area contributed by atoms with Crippen LogP contribution in [0, 0.1) is 0 Å². The fraction of sp³-hybridized carbons (Fsp3) is 0.0909. The lowest BCUT2D eigenvalue weighted by Gasteiger charge is -2.35. The monoisotopic (exact) mass is 495 g/mol. The van der Waals surface area contributed by atoms with Crippen LogP contribution in [0.2, 0.25) is 0 Å². The maximum absolute atomic E-state index is 13.2. The van der Waals surface area contributed by atoms with Crippen molar-refractivity contribution in [2.75, 3.05) is 0 Å². The highest BCUT2D eigenvalue weighted by atomic mass is 16.6. The molecule has 0 amide bonds. The van der Waals surface area contributed by atoms with Crippen LogP contribution >= 0.6 is 0 Å². The minimum absolute atomic E-state index is 0.196. The second-order valence-electron chi connectivity index (χ2n) is 10.5. The van der Waals surface area contributed by atoms with E-state index in [0.717, 1.165) is 16.8 Å². The molecule has 38 heavy (non-hydrogen) atoms. The summed E-state index contributed by atoms with van der Waals surface area (Å²) >= 11 is 0. The molecule has 0 radical (unpaired) electrons. The number of aromatic nitrogens is 1. The molecule has 5 nitrogen and oxygen atoms in total. The third kappa shape index (κ3) is 2.55. The van der Waals surface area contributed by atoms with Gasteiger partial charge in [-0.2, -0.15) is 0 Å². The highest BCUT2D eigenvalue weighted by Gasteiger charge is 2.44. The summed E-state index contributed by atoms with van der Waals surface area (Å²) in [6.07, 6.45) is 0. The number of rotatable bonds is 2. The second-order valence-corrected chi connectivity index (χ2v) is 10.5. The maximum Gasteiger partial charge on any atom is 0.348 e. The maximum atomic E-state index is 13.2. The van der Waals surface area contributed by atoms with E-state index in [1.165, 1.54) is 21.9 Å². The van der Waals surface area contributed by atoms with Gasteiger partial charge in [0.2, 0.25) is 0 Å². The summed E-state index contributed by atoms with van der Waals surface area (Å²) in [5.41, 5.74) is 7.28. The zero-order chi connectivity index (χ0) is 25.8. The van der Waals surface area contributed by atoms with Crippen LogP contribution in [0.3, 0.4) is 0 Å². The normalized spacial score (nSPS) is 17.2. The van der Waals surface area contributed by atoms with E-state index in [1.807, 2.05) is 30.3 Å². The first kappa shape index (κ1) is 21.2. The number of fused-ring (bicyclic) bond motifs is 6. The SMILES string of the molecule is CC1(C)c2cc(C3=C4OC(=O)C(c5ccccc5)=C4OC3=O)ccc2-n2c3ccccc3c3cccc1c32. The van der Waals surface area contributed by atoms with Crippen molar-refractivity contribution in [2.24, 2.45) is 0 Å². The highest BCUT2D eigenvalue weighted by Crippen LogP contribution is 2.49. The molecule has 5 aromatic rings. The lowest BCUT2D eigenvalue weighted by Crippen LogP contribution is -2.26. The molecule has 5 heteroatoms. The Bertz CT molecular complexity index is 1970. The summed E-state index contributed by atoms with van der Waals surface area (Å²) in [5.74, 6) is -0.637. The Hall–Kier alpha value is -4.90. The lowest BCUT2D eigenvalue weighted by atomic mass is 9.74. The molecule has 8 rings (SSSR count). The molecule has 3 aliphatic rings. The molecule has 0 saturated heterocycles. The number of esters is 2. The summed E-state index contributed by atoms with van der Waals surface area (Å²) < 4.78 is 13.6. The van der Waals surface area contributed by atoms with Crippen molar-refractivity contribution >= 4 is 44.9 Å². The van der Waals surface area contributed by atoms with Gasteiger partial charge in [-0.25, -0.2) is 9.59 Å². The first-order chi connectivity index (χ1) is 18.4. The van der Waals surface area contributed by atoms with Crippen molar-refractivity contribution in [1.82, 2.24) is 4.57 Å². The Morgan fingerprint density at radius 2 is 1.29 bits per heavy atom. The summed E-state index contributed by atoms with van der Waals surface area (Å²) in [4.78, 5) is 26.0. The predicted molar refractivity (Wildman–Crippen MR) is 145 cm³/mol. The number of ether oxygens (including phenoxy) is 2. The molecule has 0 N–H and O–H groups in total. The van der Waals surface area contributed by atoms with Crippen LogP contribution in [-0.2, 0) is 24.5 Å². The summed E-state index contributed by atoms with van der Waals surface area (Å²) in [5, 5.41) is 2.44. The van der Waals surface area contributed by atoms with Crippen LogP contribution in [0.25, 0.3) is 38.6 Å². The van der Waals surface area contributed by atoms with Gasteiger partial charge >= 0.3 is 11.9 Å². The van der Waals surface area contributed by atoms with E-state index in [1.54, 1.807) is 12.1 Å². The molecule has 182 valence electrons. The van der Waals surface area contributed by atoms with Crippen molar-refractivity contribution in [3.8, 4) is 5.69 Å². The number of carbonyl (C=O) groups is 2. The lowest BCUT2D eigenvalue weighted by molar-refractivity contribution is -0.131. The van der Waals surface area contributed by atoms with Crippen LogP contribution in [0.4, 0.5) is 0 Å². The average Bonchev–Trinajstić information content (AvgIpc) is 3.54. The Kier molecular flexibility index (Phi) is 3.97. The van der Waals surface area contributed by atoms with Gasteiger partial charge < -0.3 is 14.0 Å². The Labute approximate surface area is 218 Å². The van der Waals surface area contributed by atoms with Gasteiger partial charge in [-0.15, -0.1) is 0 Å². The van der Waals surface area contributed by atoms with Gasteiger partial charge in [-0.05, 0) is 40.5 Å². The Balaban J connectivity index is 1.38. The minimum atomic E-state index is -0.515. The quantitative estimate of drug-likeness (QED) is 0.257. The molecular weight excluding hydrogens is 474 g/mol. The van der Waals surface area contributed by atoms with Gasteiger partial charge in [0, 0.05) is 16.2 Å². The first-order valence-corrected chi connectivity index (χ1v) is 12.6. The minimum Gasteiger partial charge on any atom is -0.418 e. The molecule has 0 bridgehead atoms. The fourth-order valence-corrected chi connectivity index (χ4v) is 6.30. The van der Waals surface area contributed by atoms with Crippen molar-refractivity contribution in [3.05, 3.63) is 125 Å². The summed E-state index contributed by atoms with van der Waals surface area (Å²) in [6.45, 7) is 4.43. The number of hydrogen-bond acceptors (Lipinski definition) is 4. The van der Waals surface area contributed by atoms with Gasteiger partial charge in [0.05, 0.1) is 16.7 Å². The molecule has 4 aromatic carbocycles. The van der Waals surface area contributed by atoms with E-state index in [0.29, 0.717) is 11.1 Å². The third-order valence-corrected chi connectivity index (χ3v) is 8.09. The Morgan fingerprint density at radius 1 is 0.632 bits per heavy atom. The molecular formula is C33H21NO4. The van der Waals surface area contributed by atoms with Crippen LogP contribution in [0.1, 0.15) is 36.1 Å². The predicted octanol–water partition coefficient (Wildman–Crippen LogP) is 6.66. The van der Waals surface area contributed by atoms with Gasteiger partial charge in [-0.3, -0.25) is 0 Å². The largest absolute Gasteiger partial charge is 0.418 e. The molecule has 0 unspecified atom stereocenters. The smallest absolute Gasteiger partial charge is 0.348 e. The van der Waals surface area contributed by atoms with E-state index >= 15 is 0 Å². The molecule has 4 heterocycles. The molecule has 0 saturated carbocycles. The van der Waals surface area contributed by atoms with E-state index < -0.39 is 11.9 Å². The highest BCUT2D eigenvalue weighted by molar-refractivity contribution is 6.29. The van der Waals surface area contributed by atoms with E-state index in [2.05, 4.69) is 66.9 Å². The van der Waals surface area contributed by atoms with Crippen LogP contribution < -0.4 is 0 Å². The van der Waals surface area contributed by atoms with Crippen molar-refractivity contribution in [2.45, 2.75) is 19.3 Å². The molecule has 0 spiro atoms. The first-order valence-electron chi connectivity index (χ1n) is 12.6. The molecule has 0 aliphatic carbocycles. The van der Waals surface area contributed by atoms with Crippen molar-refractivity contribution in [1.29, 1.82) is 0 Å². The van der Waals surface area contributed by atoms with Gasteiger partial charge in [0.1, 0.15) is 11.1 Å². The zero-order valence-corrected chi connectivity index (χ0v) is 20.7.